The van der Waals surface area contributed by atoms with Gasteiger partial charge in [-0.1, -0.05) is 44.2 Å². The van der Waals surface area contributed by atoms with Crippen LogP contribution in [0.2, 0.25) is 0 Å². The summed E-state index contributed by atoms with van der Waals surface area (Å²) in [6.45, 7) is 5.90. The minimum absolute atomic E-state index is 0.557. The van der Waals surface area contributed by atoms with E-state index in [1.807, 2.05) is 0 Å². The van der Waals surface area contributed by atoms with Gasteiger partial charge in [0.05, 0.1) is 0 Å². The molecule has 1 heteroatoms. The van der Waals surface area contributed by atoms with Crippen LogP contribution in [0.25, 0.3) is 0 Å². The summed E-state index contributed by atoms with van der Waals surface area (Å²) in [5.74, 6) is 0. The molecule has 0 aliphatic heterocycles. The van der Waals surface area contributed by atoms with Crippen molar-refractivity contribution in [3.8, 4) is 0 Å². The summed E-state index contributed by atoms with van der Waals surface area (Å²) < 4.78 is 0. The lowest BCUT2D eigenvalue weighted by Crippen LogP contribution is -2.28. The van der Waals surface area contributed by atoms with Crippen LogP contribution < -0.4 is 5.32 Å². The molecule has 1 nitrogen and oxygen atoms in total. The smallest absolute Gasteiger partial charge is 0.00724 e. The molecule has 1 aromatic carbocycles. The van der Waals surface area contributed by atoms with Crippen molar-refractivity contribution < 1.29 is 0 Å². The molecule has 100 valence electrons. The Morgan fingerprint density at radius 2 is 2.06 bits per heavy atom. The molecule has 2 unspecified atom stereocenters. The van der Waals surface area contributed by atoms with Crippen LogP contribution in [0.4, 0.5) is 0 Å². The maximum Gasteiger partial charge on any atom is 0.00724 e. The van der Waals surface area contributed by atoms with Gasteiger partial charge in [-0.2, -0.15) is 0 Å². The molecular formula is C17H27N. The Bertz CT molecular complexity index is 346. The van der Waals surface area contributed by atoms with Crippen molar-refractivity contribution >= 4 is 0 Å². The van der Waals surface area contributed by atoms with Crippen LogP contribution in [0, 0.1) is 5.41 Å². The molecule has 1 aliphatic carbocycles. The van der Waals surface area contributed by atoms with Gasteiger partial charge >= 0.3 is 0 Å². The minimum Gasteiger partial charge on any atom is -0.314 e. The van der Waals surface area contributed by atoms with E-state index in [0.29, 0.717) is 5.41 Å². The van der Waals surface area contributed by atoms with E-state index in [1.165, 1.54) is 50.6 Å². The number of nitrogens with one attached hydrogen (secondary N) is 1. The lowest BCUT2D eigenvalue weighted by molar-refractivity contribution is 0.298. The first-order valence-electron chi connectivity index (χ1n) is 7.49. The fourth-order valence-corrected chi connectivity index (χ4v) is 3.16. The molecule has 2 rings (SSSR count). The van der Waals surface area contributed by atoms with E-state index in [2.05, 4.69) is 49.5 Å². The Morgan fingerprint density at radius 3 is 2.78 bits per heavy atom. The van der Waals surface area contributed by atoms with E-state index >= 15 is 0 Å². The summed E-state index contributed by atoms with van der Waals surface area (Å²) in [6, 6.07) is 11.7. The standard InChI is InChI=1S/C17H27N/c1-3-13-18-16-10-12-17(2,14-16)11-9-15-7-5-4-6-8-15/h4-8,16,18H,3,9-14H2,1-2H3. The highest BCUT2D eigenvalue weighted by molar-refractivity contribution is 5.15. The second-order valence-corrected chi connectivity index (χ2v) is 6.19. The SMILES string of the molecule is CCCNC1CCC(C)(CCc2ccccc2)C1. The molecule has 0 heterocycles. The maximum absolute atomic E-state index is 3.68. The Labute approximate surface area is 112 Å². The zero-order valence-electron chi connectivity index (χ0n) is 11.9. The fraction of sp³-hybridized carbons (Fsp3) is 0.647. The first-order chi connectivity index (χ1) is 8.72. The molecule has 18 heavy (non-hydrogen) atoms. The molecule has 0 saturated heterocycles. The van der Waals surface area contributed by atoms with Gasteiger partial charge in [0.15, 0.2) is 0 Å². The van der Waals surface area contributed by atoms with Crippen molar-refractivity contribution in [2.24, 2.45) is 5.41 Å². The van der Waals surface area contributed by atoms with Crippen molar-refractivity contribution in [3.63, 3.8) is 0 Å². The average Bonchev–Trinajstić information content (AvgIpc) is 2.78. The minimum atomic E-state index is 0.557. The van der Waals surface area contributed by atoms with Gasteiger partial charge in [0.25, 0.3) is 0 Å². The lowest BCUT2D eigenvalue weighted by atomic mass is 9.82. The quantitative estimate of drug-likeness (QED) is 0.793. The zero-order chi connectivity index (χ0) is 12.8. The largest absolute Gasteiger partial charge is 0.314 e. The Balaban J connectivity index is 1.79. The Hall–Kier alpha value is -0.820. The second-order valence-electron chi connectivity index (χ2n) is 6.19. The van der Waals surface area contributed by atoms with E-state index in [1.54, 1.807) is 0 Å². The summed E-state index contributed by atoms with van der Waals surface area (Å²) in [6.07, 6.45) is 7.93. The van der Waals surface area contributed by atoms with Crippen molar-refractivity contribution in [2.45, 2.75) is 58.4 Å². The molecule has 0 aromatic heterocycles. The van der Waals surface area contributed by atoms with Crippen LogP contribution in [0.5, 0.6) is 0 Å². The predicted octanol–water partition coefficient (Wildman–Crippen LogP) is 4.18. The molecule has 1 aromatic rings. The van der Waals surface area contributed by atoms with Gasteiger partial charge in [-0.3, -0.25) is 0 Å². The molecule has 1 fully saturated rings. The van der Waals surface area contributed by atoms with Crippen LogP contribution in [-0.2, 0) is 6.42 Å². The van der Waals surface area contributed by atoms with Crippen LogP contribution in [0.3, 0.4) is 0 Å². The molecule has 0 spiro atoms. The van der Waals surface area contributed by atoms with Crippen LogP contribution in [0.1, 0.15) is 51.5 Å². The van der Waals surface area contributed by atoms with E-state index in [-0.39, 0.29) is 0 Å². The molecular weight excluding hydrogens is 218 g/mol. The van der Waals surface area contributed by atoms with Crippen molar-refractivity contribution in [1.29, 1.82) is 0 Å². The lowest BCUT2D eigenvalue weighted by Gasteiger charge is -2.24. The summed E-state index contributed by atoms with van der Waals surface area (Å²) >= 11 is 0. The predicted molar refractivity (Wildman–Crippen MR) is 78.8 cm³/mol. The van der Waals surface area contributed by atoms with Gasteiger partial charge in [0.1, 0.15) is 0 Å². The molecule has 1 N–H and O–H groups in total. The highest BCUT2D eigenvalue weighted by Gasteiger charge is 2.34. The second kappa shape index (κ2) is 6.38. The third-order valence-electron chi connectivity index (χ3n) is 4.38. The monoisotopic (exact) mass is 245 g/mol. The van der Waals surface area contributed by atoms with Crippen molar-refractivity contribution in [3.05, 3.63) is 35.9 Å². The maximum atomic E-state index is 3.68. The molecule has 0 amide bonds. The third-order valence-corrected chi connectivity index (χ3v) is 4.38. The third kappa shape index (κ3) is 3.84. The zero-order valence-corrected chi connectivity index (χ0v) is 11.9. The number of aryl methyl sites for hydroxylation is 1. The summed E-state index contributed by atoms with van der Waals surface area (Å²) in [7, 11) is 0. The van der Waals surface area contributed by atoms with Gasteiger partial charge < -0.3 is 5.32 Å². The molecule has 0 radical (unpaired) electrons. The van der Waals surface area contributed by atoms with Crippen LogP contribution in [0.15, 0.2) is 30.3 Å². The van der Waals surface area contributed by atoms with Crippen molar-refractivity contribution in [2.75, 3.05) is 6.54 Å². The van der Waals surface area contributed by atoms with Gasteiger partial charge in [-0.25, -0.2) is 0 Å². The average molecular weight is 245 g/mol. The number of benzene rings is 1. The fourth-order valence-electron chi connectivity index (χ4n) is 3.16. The number of hydrogen-bond donors (Lipinski definition) is 1. The van der Waals surface area contributed by atoms with Gasteiger partial charge in [-0.15, -0.1) is 0 Å². The first kappa shape index (κ1) is 13.6. The topological polar surface area (TPSA) is 12.0 Å². The molecule has 1 saturated carbocycles. The molecule has 2 atom stereocenters. The van der Waals surface area contributed by atoms with E-state index in [0.717, 1.165) is 6.04 Å². The summed E-state index contributed by atoms with van der Waals surface area (Å²) in [4.78, 5) is 0. The van der Waals surface area contributed by atoms with Gasteiger partial charge in [0.2, 0.25) is 0 Å². The number of hydrogen-bond acceptors (Lipinski definition) is 1. The summed E-state index contributed by atoms with van der Waals surface area (Å²) in [5.41, 5.74) is 2.05. The van der Waals surface area contributed by atoms with E-state index in [9.17, 15) is 0 Å². The molecule has 0 bridgehead atoms. The van der Waals surface area contributed by atoms with Crippen molar-refractivity contribution in [1.82, 2.24) is 5.32 Å². The molecule has 1 aliphatic rings. The normalized spacial score (nSPS) is 27.6. The number of rotatable bonds is 6. The highest BCUT2D eigenvalue weighted by atomic mass is 14.9. The van der Waals surface area contributed by atoms with Crippen LogP contribution >= 0.6 is 0 Å². The Kier molecular flexibility index (Phi) is 4.82. The first-order valence-corrected chi connectivity index (χ1v) is 7.49. The van der Waals surface area contributed by atoms with E-state index < -0.39 is 0 Å². The highest BCUT2D eigenvalue weighted by Crippen LogP contribution is 2.41. The van der Waals surface area contributed by atoms with Crippen LogP contribution in [-0.4, -0.2) is 12.6 Å². The van der Waals surface area contributed by atoms with E-state index in [4.69, 9.17) is 0 Å². The Morgan fingerprint density at radius 1 is 1.28 bits per heavy atom. The van der Waals surface area contributed by atoms with Gasteiger partial charge in [0, 0.05) is 6.04 Å². The summed E-state index contributed by atoms with van der Waals surface area (Å²) in [5, 5.41) is 3.68. The van der Waals surface area contributed by atoms with Gasteiger partial charge in [-0.05, 0) is 56.0 Å².